The van der Waals surface area contributed by atoms with Crippen LogP contribution in [0.3, 0.4) is 0 Å². The highest BCUT2D eigenvalue weighted by atomic mass is 32.2. The van der Waals surface area contributed by atoms with Crippen molar-refractivity contribution in [2.75, 3.05) is 35.8 Å². The van der Waals surface area contributed by atoms with Crippen molar-refractivity contribution in [2.24, 2.45) is 0 Å². The summed E-state index contributed by atoms with van der Waals surface area (Å²) in [5.41, 5.74) is 2.57. The average molecular weight is 388 g/mol. The molecule has 0 aliphatic carbocycles. The molecule has 2 aromatic carbocycles. The average Bonchev–Trinajstić information content (AvgIpc) is 2.68. The molecule has 1 saturated heterocycles. The van der Waals surface area contributed by atoms with Crippen LogP contribution < -0.4 is 9.62 Å². The maximum atomic E-state index is 12.6. The number of sulfonamides is 1. The second kappa shape index (κ2) is 8.00. The first-order chi connectivity index (χ1) is 12.9. The molecule has 1 fully saturated rings. The van der Waals surface area contributed by atoms with Gasteiger partial charge in [-0.3, -0.25) is 9.52 Å². The molecule has 7 heteroatoms. The summed E-state index contributed by atoms with van der Waals surface area (Å²) in [4.78, 5) is 15.7. The maximum absolute atomic E-state index is 12.6. The van der Waals surface area contributed by atoms with Crippen molar-refractivity contribution < 1.29 is 13.2 Å². The van der Waals surface area contributed by atoms with Crippen molar-refractivity contribution in [3.05, 3.63) is 54.1 Å². The first-order valence-electron chi connectivity index (χ1n) is 9.11. The Morgan fingerprint density at radius 1 is 1.04 bits per heavy atom. The van der Waals surface area contributed by atoms with Gasteiger partial charge in [0.05, 0.1) is 10.6 Å². The lowest BCUT2D eigenvalue weighted by Gasteiger charge is -2.35. The van der Waals surface area contributed by atoms with Crippen LogP contribution in [0.1, 0.15) is 19.4 Å². The summed E-state index contributed by atoms with van der Waals surface area (Å²) < 4.78 is 27.9. The van der Waals surface area contributed by atoms with Gasteiger partial charge < -0.3 is 9.80 Å². The second-order valence-corrected chi connectivity index (χ2v) is 8.33. The zero-order valence-electron chi connectivity index (χ0n) is 15.7. The number of anilines is 2. The van der Waals surface area contributed by atoms with Gasteiger partial charge in [0.1, 0.15) is 0 Å². The summed E-state index contributed by atoms with van der Waals surface area (Å²) in [5.74, 6) is 0.0882. The number of nitrogens with zero attached hydrogens (tertiary/aromatic N) is 2. The minimum Gasteiger partial charge on any atom is -0.368 e. The number of hydrogen-bond acceptors (Lipinski definition) is 4. The van der Waals surface area contributed by atoms with E-state index in [0.717, 1.165) is 30.8 Å². The van der Waals surface area contributed by atoms with E-state index in [1.165, 1.54) is 0 Å². The van der Waals surface area contributed by atoms with Crippen molar-refractivity contribution in [3.8, 4) is 0 Å². The molecule has 144 valence electrons. The van der Waals surface area contributed by atoms with Gasteiger partial charge in [-0.25, -0.2) is 8.42 Å². The van der Waals surface area contributed by atoms with Crippen molar-refractivity contribution in [1.29, 1.82) is 0 Å². The Balaban J connectivity index is 1.72. The number of benzene rings is 2. The Morgan fingerprint density at radius 3 is 2.30 bits per heavy atom. The fourth-order valence-corrected chi connectivity index (χ4v) is 4.21. The quantitative estimate of drug-likeness (QED) is 0.856. The fourth-order valence-electron chi connectivity index (χ4n) is 3.16. The van der Waals surface area contributed by atoms with Gasteiger partial charge in [-0.05, 0) is 42.3 Å². The summed E-state index contributed by atoms with van der Waals surface area (Å²) in [6.45, 7) is 6.42. The van der Waals surface area contributed by atoms with Gasteiger partial charge in [-0.2, -0.15) is 0 Å². The van der Waals surface area contributed by atoms with E-state index >= 15 is 0 Å². The summed E-state index contributed by atoms with van der Waals surface area (Å²) >= 11 is 0. The highest BCUT2D eigenvalue weighted by molar-refractivity contribution is 7.92. The third kappa shape index (κ3) is 4.60. The summed E-state index contributed by atoms with van der Waals surface area (Å²) in [6.07, 6.45) is 0.868. The molecule has 1 heterocycles. The Morgan fingerprint density at radius 2 is 1.70 bits per heavy atom. The molecule has 0 spiro atoms. The number of aryl methyl sites for hydroxylation is 1. The van der Waals surface area contributed by atoms with Gasteiger partial charge in [0, 0.05) is 38.8 Å². The number of carbonyl (C=O) groups excluding carboxylic acids is 1. The molecule has 6 nitrogen and oxygen atoms in total. The molecule has 1 amide bonds. The normalized spacial score (nSPS) is 14.9. The Bertz CT molecular complexity index is 902. The highest BCUT2D eigenvalue weighted by Crippen LogP contribution is 2.23. The van der Waals surface area contributed by atoms with Crippen molar-refractivity contribution in [3.63, 3.8) is 0 Å². The molecule has 2 aromatic rings. The third-order valence-corrected chi connectivity index (χ3v) is 6.23. The second-order valence-electron chi connectivity index (χ2n) is 6.65. The first kappa shape index (κ1) is 19.2. The van der Waals surface area contributed by atoms with Crippen molar-refractivity contribution >= 4 is 27.3 Å². The van der Waals surface area contributed by atoms with Crippen LogP contribution in [0.4, 0.5) is 11.4 Å². The Labute approximate surface area is 160 Å². The van der Waals surface area contributed by atoms with E-state index in [1.54, 1.807) is 25.1 Å². The van der Waals surface area contributed by atoms with Crippen LogP contribution >= 0.6 is 0 Å². The molecule has 1 aliphatic rings. The number of amides is 1. The highest BCUT2D eigenvalue weighted by Gasteiger charge is 2.20. The molecule has 0 atom stereocenters. The van der Waals surface area contributed by atoms with E-state index < -0.39 is 10.0 Å². The number of rotatable bonds is 5. The number of nitrogens with one attached hydrogen (secondary N) is 1. The van der Waals surface area contributed by atoms with Gasteiger partial charge in [-0.1, -0.05) is 25.1 Å². The van der Waals surface area contributed by atoms with Crippen LogP contribution in [-0.2, 0) is 21.2 Å². The minimum absolute atomic E-state index is 0.0882. The number of carbonyl (C=O) groups is 1. The van der Waals surface area contributed by atoms with Gasteiger partial charge in [-0.15, -0.1) is 0 Å². The van der Waals surface area contributed by atoms with E-state index in [4.69, 9.17) is 0 Å². The molecule has 0 unspecified atom stereocenters. The molecule has 0 bridgehead atoms. The standard InChI is InChI=1S/C20H25N3O3S/c1-3-17-7-9-20(10-8-17)27(25,26)21-18-5-4-6-19(15-18)23-13-11-22(12-14-23)16(2)24/h4-10,15,21H,3,11-14H2,1-2H3. The zero-order valence-corrected chi connectivity index (χ0v) is 16.5. The Kier molecular flexibility index (Phi) is 5.70. The van der Waals surface area contributed by atoms with Crippen LogP contribution in [0.25, 0.3) is 0 Å². The first-order valence-corrected chi connectivity index (χ1v) is 10.6. The third-order valence-electron chi connectivity index (χ3n) is 4.83. The topological polar surface area (TPSA) is 69.7 Å². The SMILES string of the molecule is CCc1ccc(S(=O)(=O)Nc2cccc(N3CCN(C(C)=O)CC3)c2)cc1. The van der Waals surface area contributed by atoms with E-state index in [0.29, 0.717) is 18.8 Å². The van der Waals surface area contributed by atoms with Gasteiger partial charge in [0.15, 0.2) is 0 Å². The predicted molar refractivity (Wildman–Crippen MR) is 108 cm³/mol. The monoisotopic (exact) mass is 387 g/mol. The molecule has 0 aromatic heterocycles. The Hall–Kier alpha value is -2.54. The largest absolute Gasteiger partial charge is 0.368 e. The van der Waals surface area contributed by atoms with E-state index in [9.17, 15) is 13.2 Å². The van der Waals surface area contributed by atoms with Gasteiger partial charge in [0.2, 0.25) is 5.91 Å². The zero-order chi connectivity index (χ0) is 19.4. The van der Waals surface area contributed by atoms with Gasteiger partial charge in [0.25, 0.3) is 10.0 Å². The van der Waals surface area contributed by atoms with E-state index in [1.807, 2.05) is 42.2 Å². The lowest BCUT2D eigenvalue weighted by molar-refractivity contribution is -0.129. The molecule has 1 N–H and O–H groups in total. The predicted octanol–water partition coefficient (Wildman–Crippen LogP) is 2.72. The lowest BCUT2D eigenvalue weighted by atomic mass is 10.2. The van der Waals surface area contributed by atoms with E-state index in [-0.39, 0.29) is 10.8 Å². The fraction of sp³-hybridized carbons (Fsp3) is 0.350. The van der Waals surface area contributed by atoms with E-state index in [2.05, 4.69) is 9.62 Å². The summed E-state index contributed by atoms with van der Waals surface area (Å²) in [6, 6.07) is 14.3. The van der Waals surface area contributed by atoms with Crippen LogP contribution in [-0.4, -0.2) is 45.4 Å². The summed E-state index contributed by atoms with van der Waals surface area (Å²) in [7, 11) is -3.63. The molecule has 0 saturated carbocycles. The van der Waals surface area contributed by atoms with Gasteiger partial charge >= 0.3 is 0 Å². The number of hydrogen-bond donors (Lipinski definition) is 1. The van der Waals surface area contributed by atoms with Crippen LogP contribution in [0.2, 0.25) is 0 Å². The molecular formula is C20H25N3O3S. The molecule has 1 aliphatic heterocycles. The molecule has 27 heavy (non-hydrogen) atoms. The van der Waals surface area contributed by atoms with Crippen molar-refractivity contribution in [1.82, 2.24) is 4.90 Å². The maximum Gasteiger partial charge on any atom is 0.261 e. The summed E-state index contributed by atoms with van der Waals surface area (Å²) in [5, 5.41) is 0. The molecule has 3 rings (SSSR count). The smallest absolute Gasteiger partial charge is 0.261 e. The van der Waals surface area contributed by atoms with Crippen LogP contribution in [0.15, 0.2) is 53.4 Å². The number of piperazine rings is 1. The van der Waals surface area contributed by atoms with Crippen LogP contribution in [0.5, 0.6) is 0 Å². The minimum atomic E-state index is -3.63. The van der Waals surface area contributed by atoms with Crippen LogP contribution in [0, 0.1) is 0 Å². The molecule has 0 radical (unpaired) electrons. The lowest BCUT2D eigenvalue weighted by Crippen LogP contribution is -2.48. The molecular weight excluding hydrogens is 362 g/mol. The van der Waals surface area contributed by atoms with Crippen molar-refractivity contribution in [2.45, 2.75) is 25.2 Å².